The zero-order valence-electron chi connectivity index (χ0n) is 10.5. The molecule has 0 atom stereocenters. The van der Waals surface area contributed by atoms with Gasteiger partial charge in [0.25, 0.3) is 0 Å². The molecule has 1 aliphatic rings. The minimum atomic E-state index is -0.00535. The highest BCUT2D eigenvalue weighted by Gasteiger charge is 2.22. The van der Waals surface area contributed by atoms with Crippen molar-refractivity contribution < 1.29 is 9.59 Å². The Bertz CT molecular complexity index is 436. The van der Waals surface area contributed by atoms with Gasteiger partial charge in [0.2, 0.25) is 11.8 Å². The highest BCUT2D eigenvalue weighted by Crippen LogP contribution is 2.19. The van der Waals surface area contributed by atoms with E-state index in [-0.39, 0.29) is 11.8 Å². The van der Waals surface area contributed by atoms with Crippen molar-refractivity contribution in [2.45, 2.75) is 38.6 Å². The molecule has 1 fully saturated rings. The summed E-state index contributed by atoms with van der Waals surface area (Å²) in [7, 11) is 0. The molecule has 1 saturated carbocycles. The molecule has 0 spiro atoms. The first-order chi connectivity index (χ1) is 8.67. The molecule has 2 rings (SSSR count). The van der Waals surface area contributed by atoms with E-state index in [0.29, 0.717) is 18.9 Å². The van der Waals surface area contributed by atoms with Gasteiger partial charge < -0.3 is 10.6 Å². The molecule has 0 radical (unpaired) electrons. The van der Waals surface area contributed by atoms with Crippen LogP contribution in [-0.4, -0.2) is 17.9 Å². The molecule has 4 heteroatoms. The Labute approximate surface area is 107 Å². The van der Waals surface area contributed by atoms with Crippen LogP contribution in [0.2, 0.25) is 0 Å². The number of hydrogen-bond donors (Lipinski definition) is 2. The molecule has 0 bridgehead atoms. The lowest BCUT2D eigenvalue weighted by Gasteiger charge is -2.06. The molecule has 1 aromatic carbocycles. The first kappa shape index (κ1) is 12.6. The standard InChI is InChI=1S/C14H18N2O2/c1-2-13(17)15-11-5-3-10(4-6-11)9-14(18)16-12-7-8-12/h3-6,12H,2,7-9H2,1H3,(H,15,17)(H,16,18). The number of hydrogen-bond acceptors (Lipinski definition) is 2. The Kier molecular flexibility index (Phi) is 3.97. The Morgan fingerprint density at radius 1 is 1.17 bits per heavy atom. The number of nitrogens with one attached hydrogen (secondary N) is 2. The number of carbonyl (C=O) groups is 2. The fourth-order valence-electron chi connectivity index (χ4n) is 1.65. The lowest BCUT2D eigenvalue weighted by Crippen LogP contribution is -2.26. The van der Waals surface area contributed by atoms with Crippen molar-refractivity contribution in [3.63, 3.8) is 0 Å². The topological polar surface area (TPSA) is 58.2 Å². The maximum absolute atomic E-state index is 11.6. The second kappa shape index (κ2) is 5.67. The monoisotopic (exact) mass is 246 g/mol. The van der Waals surface area contributed by atoms with Gasteiger partial charge in [0, 0.05) is 18.2 Å². The predicted molar refractivity (Wildman–Crippen MR) is 70.2 cm³/mol. The molecule has 18 heavy (non-hydrogen) atoms. The van der Waals surface area contributed by atoms with Crippen molar-refractivity contribution in [2.24, 2.45) is 0 Å². The quantitative estimate of drug-likeness (QED) is 0.833. The number of anilines is 1. The third-order valence-electron chi connectivity index (χ3n) is 2.87. The van der Waals surface area contributed by atoms with Gasteiger partial charge in [-0.05, 0) is 30.5 Å². The van der Waals surface area contributed by atoms with E-state index in [2.05, 4.69) is 10.6 Å². The van der Waals surface area contributed by atoms with Gasteiger partial charge in [-0.1, -0.05) is 19.1 Å². The molecule has 0 aliphatic heterocycles. The lowest BCUT2D eigenvalue weighted by molar-refractivity contribution is -0.120. The first-order valence-corrected chi connectivity index (χ1v) is 6.35. The average Bonchev–Trinajstić information content (AvgIpc) is 3.15. The molecule has 0 aromatic heterocycles. The van der Waals surface area contributed by atoms with Crippen LogP contribution in [0.1, 0.15) is 31.7 Å². The third kappa shape index (κ3) is 3.87. The zero-order valence-corrected chi connectivity index (χ0v) is 10.5. The summed E-state index contributed by atoms with van der Waals surface area (Å²) in [4.78, 5) is 22.8. The van der Waals surface area contributed by atoms with E-state index in [1.54, 1.807) is 0 Å². The molecule has 96 valence electrons. The van der Waals surface area contributed by atoms with Crippen LogP contribution in [-0.2, 0) is 16.0 Å². The molecule has 1 aliphatic carbocycles. The summed E-state index contributed by atoms with van der Waals surface area (Å²) < 4.78 is 0. The number of carbonyl (C=O) groups excluding carboxylic acids is 2. The largest absolute Gasteiger partial charge is 0.353 e. The first-order valence-electron chi connectivity index (χ1n) is 6.35. The highest BCUT2D eigenvalue weighted by molar-refractivity contribution is 5.90. The Morgan fingerprint density at radius 2 is 1.83 bits per heavy atom. The normalized spacial score (nSPS) is 14.1. The SMILES string of the molecule is CCC(=O)Nc1ccc(CC(=O)NC2CC2)cc1. The number of amides is 2. The molecule has 4 nitrogen and oxygen atoms in total. The van der Waals surface area contributed by atoms with Gasteiger partial charge in [-0.3, -0.25) is 9.59 Å². The van der Waals surface area contributed by atoms with Crippen molar-refractivity contribution in [1.29, 1.82) is 0 Å². The highest BCUT2D eigenvalue weighted by atomic mass is 16.2. The molecule has 1 aromatic rings. The van der Waals surface area contributed by atoms with Crippen LogP contribution in [0.4, 0.5) is 5.69 Å². The molecule has 2 amide bonds. The van der Waals surface area contributed by atoms with E-state index in [9.17, 15) is 9.59 Å². The van der Waals surface area contributed by atoms with Gasteiger partial charge in [-0.2, -0.15) is 0 Å². The van der Waals surface area contributed by atoms with Crippen molar-refractivity contribution in [2.75, 3.05) is 5.32 Å². The maximum atomic E-state index is 11.6. The van der Waals surface area contributed by atoms with Crippen LogP contribution in [0.15, 0.2) is 24.3 Å². The van der Waals surface area contributed by atoms with E-state index in [1.807, 2.05) is 31.2 Å². The molecular weight excluding hydrogens is 228 g/mol. The average molecular weight is 246 g/mol. The summed E-state index contributed by atoms with van der Waals surface area (Å²) in [6.07, 6.45) is 3.07. The van der Waals surface area contributed by atoms with Crippen LogP contribution in [0.5, 0.6) is 0 Å². The van der Waals surface area contributed by atoms with Crippen LogP contribution in [0.3, 0.4) is 0 Å². The van der Waals surface area contributed by atoms with Gasteiger partial charge in [0.1, 0.15) is 0 Å². The van der Waals surface area contributed by atoms with E-state index in [1.165, 1.54) is 0 Å². The van der Waals surface area contributed by atoms with Crippen LogP contribution in [0.25, 0.3) is 0 Å². The van der Waals surface area contributed by atoms with E-state index in [4.69, 9.17) is 0 Å². The molecule has 0 unspecified atom stereocenters. The lowest BCUT2D eigenvalue weighted by atomic mass is 10.1. The number of benzene rings is 1. The molecule has 0 heterocycles. The molecule has 2 N–H and O–H groups in total. The summed E-state index contributed by atoms with van der Waals surface area (Å²) in [6, 6.07) is 7.80. The fraction of sp³-hybridized carbons (Fsp3) is 0.429. The van der Waals surface area contributed by atoms with Gasteiger partial charge in [-0.25, -0.2) is 0 Å². The van der Waals surface area contributed by atoms with Crippen molar-refractivity contribution in [3.8, 4) is 0 Å². The Hall–Kier alpha value is -1.84. The maximum Gasteiger partial charge on any atom is 0.224 e. The van der Waals surface area contributed by atoms with Crippen LogP contribution in [0, 0.1) is 0 Å². The summed E-state index contributed by atoms with van der Waals surface area (Å²) >= 11 is 0. The Morgan fingerprint density at radius 3 is 2.39 bits per heavy atom. The van der Waals surface area contributed by atoms with Crippen molar-refractivity contribution >= 4 is 17.5 Å². The Balaban J connectivity index is 1.86. The predicted octanol–water partition coefficient (Wildman–Crippen LogP) is 1.86. The van der Waals surface area contributed by atoms with Crippen LogP contribution >= 0.6 is 0 Å². The summed E-state index contributed by atoms with van der Waals surface area (Å²) in [6.45, 7) is 1.81. The summed E-state index contributed by atoms with van der Waals surface area (Å²) in [5.41, 5.74) is 1.73. The van der Waals surface area contributed by atoms with Gasteiger partial charge >= 0.3 is 0 Å². The van der Waals surface area contributed by atoms with Crippen molar-refractivity contribution in [1.82, 2.24) is 5.32 Å². The number of rotatable bonds is 5. The second-order valence-electron chi connectivity index (χ2n) is 4.62. The minimum Gasteiger partial charge on any atom is -0.353 e. The van der Waals surface area contributed by atoms with Crippen LogP contribution < -0.4 is 10.6 Å². The zero-order chi connectivity index (χ0) is 13.0. The fourth-order valence-corrected chi connectivity index (χ4v) is 1.65. The van der Waals surface area contributed by atoms with E-state index >= 15 is 0 Å². The van der Waals surface area contributed by atoms with Gasteiger partial charge in [0.15, 0.2) is 0 Å². The minimum absolute atomic E-state index is 0.00535. The van der Waals surface area contributed by atoms with Gasteiger partial charge in [-0.15, -0.1) is 0 Å². The smallest absolute Gasteiger partial charge is 0.224 e. The summed E-state index contributed by atoms with van der Waals surface area (Å²) in [5.74, 6) is 0.0667. The molecular formula is C14H18N2O2. The van der Waals surface area contributed by atoms with E-state index < -0.39 is 0 Å². The second-order valence-corrected chi connectivity index (χ2v) is 4.62. The third-order valence-corrected chi connectivity index (χ3v) is 2.87. The van der Waals surface area contributed by atoms with E-state index in [0.717, 1.165) is 24.1 Å². The van der Waals surface area contributed by atoms with Crippen molar-refractivity contribution in [3.05, 3.63) is 29.8 Å². The van der Waals surface area contributed by atoms with Gasteiger partial charge in [0.05, 0.1) is 6.42 Å². The molecule has 0 saturated heterocycles. The summed E-state index contributed by atoms with van der Waals surface area (Å²) in [5, 5.41) is 5.72.